The summed E-state index contributed by atoms with van der Waals surface area (Å²) in [5, 5.41) is 13.5. The molecule has 8 nitrogen and oxygen atoms in total. The smallest absolute Gasteiger partial charge is 0.236 e. The highest BCUT2D eigenvalue weighted by Gasteiger charge is 2.19. The van der Waals surface area contributed by atoms with Crippen LogP contribution in [0.15, 0.2) is 66.7 Å². The number of anilines is 5. The van der Waals surface area contributed by atoms with Gasteiger partial charge in [0.2, 0.25) is 17.8 Å². The number of nitrogens with one attached hydrogen (secondary N) is 1. The number of aryl methyl sites for hydroxylation is 3. The number of carbonyl (C=O) groups is 1. The number of nitrogen functional groups attached to an aromatic ring is 1. The summed E-state index contributed by atoms with van der Waals surface area (Å²) in [5.74, 6) is 0.405. The number of rotatable bonds is 7. The Labute approximate surface area is 204 Å². The first-order chi connectivity index (χ1) is 16.7. The Bertz CT molecular complexity index is 1330. The standard InChI is InChI=1S/C27H28N6O2/c1-16-14-17(2)22(18(3)15-16)33(4)27-31-25(28)30-26(32-27)29-21-12-10-20(11-13-21)24(35)23(34)19-8-6-5-7-9-19/h5-15,23,34H,1-4H3,(H3,28,29,30,31,32). The maximum Gasteiger partial charge on any atom is 0.236 e. The van der Waals surface area contributed by atoms with E-state index in [0.29, 0.717) is 22.8 Å². The van der Waals surface area contributed by atoms with E-state index in [4.69, 9.17) is 5.73 Å². The van der Waals surface area contributed by atoms with Crippen molar-refractivity contribution in [3.8, 4) is 0 Å². The van der Waals surface area contributed by atoms with Crippen LogP contribution in [0.1, 0.15) is 38.7 Å². The van der Waals surface area contributed by atoms with Crippen LogP contribution in [0, 0.1) is 20.8 Å². The average molecular weight is 469 g/mol. The molecule has 0 radical (unpaired) electrons. The van der Waals surface area contributed by atoms with E-state index in [-0.39, 0.29) is 17.7 Å². The molecule has 0 aliphatic heterocycles. The molecular formula is C27H28N6O2. The quantitative estimate of drug-likeness (QED) is 0.331. The summed E-state index contributed by atoms with van der Waals surface area (Å²) >= 11 is 0. The number of ketones is 1. The van der Waals surface area contributed by atoms with E-state index >= 15 is 0 Å². The Kier molecular flexibility index (Phi) is 6.75. The molecule has 1 atom stereocenters. The first-order valence-corrected chi connectivity index (χ1v) is 11.2. The minimum absolute atomic E-state index is 0.0875. The van der Waals surface area contributed by atoms with Gasteiger partial charge in [0.1, 0.15) is 6.10 Å². The van der Waals surface area contributed by atoms with E-state index in [9.17, 15) is 9.90 Å². The van der Waals surface area contributed by atoms with Crippen molar-refractivity contribution in [3.63, 3.8) is 0 Å². The van der Waals surface area contributed by atoms with Gasteiger partial charge in [-0.2, -0.15) is 15.0 Å². The number of nitrogens with two attached hydrogens (primary N) is 1. The lowest BCUT2D eigenvalue weighted by molar-refractivity contribution is 0.0747. The van der Waals surface area contributed by atoms with Crippen molar-refractivity contribution in [1.82, 2.24) is 15.0 Å². The van der Waals surface area contributed by atoms with E-state index < -0.39 is 6.10 Å². The highest BCUT2D eigenvalue weighted by molar-refractivity contribution is 6.00. The zero-order chi connectivity index (χ0) is 25.1. The Morgan fingerprint density at radius 2 is 1.57 bits per heavy atom. The van der Waals surface area contributed by atoms with Gasteiger partial charge in [0, 0.05) is 24.0 Å². The number of benzene rings is 3. The Hall–Kier alpha value is -4.30. The van der Waals surface area contributed by atoms with Crippen molar-refractivity contribution >= 4 is 35.0 Å². The third-order valence-corrected chi connectivity index (χ3v) is 5.70. The normalized spacial score (nSPS) is 11.7. The lowest BCUT2D eigenvalue weighted by Gasteiger charge is -2.22. The molecule has 4 N–H and O–H groups in total. The molecule has 1 aromatic heterocycles. The van der Waals surface area contributed by atoms with E-state index in [1.165, 1.54) is 5.56 Å². The summed E-state index contributed by atoms with van der Waals surface area (Å²) in [6.45, 7) is 6.16. The summed E-state index contributed by atoms with van der Waals surface area (Å²) in [4.78, 5) is 27.6. The van der Waals surface area contributed by atoms with Gasteiger partial charge in [0.05, 0.1) is 0 Å². The molecule has 0 fully saturated rings. The van der Waals surface area contributed by atoms with Crippen LogP contribution in [0.3, 0.4) is 0 Å². The molecule has 4 rings (SSSR count). The maximum absolute atomic E-state index is 12.7. The van der Waals surface area contributed by atoms with E-state index in [1.54, 1.807) is 48.5 Å². The molecule has 0 amide bonds. The van der Waals surface area contributed by atoms with Gasteiger partial charge in [0.25, 0.3) is 0 Å². The number of nitrogens with zero attached hydrogens (tertiary/aromatic N) is 4. The van der Waals surface area contributed by atoms with Gasteiger partial charge in [-0.15, -0.1) is 0 Å². The highest BCUT2D eigenvalue weighted by Crippen LogP contribution is 2.30. The SMILES string of the molecule is Cc1cc(C)c(N(C)c2nc(N)nc(Nc3ccc(C(=O)C(O)c4ccccc4)cc3)n2)c(C)c1. The van der Waals surface area contributed by atoms with E-state index in [1.807, 2.05) is 31.9 Å². The Balaban J connectivity index is 1.54. The van der Waals surface area contributed by atoms with Crippen LogP contribution in [0.2, 0.25) is 0 Å². The van der Waals surface area contributed by atoms with Gasteiger partial charge >= 0.3 is 0 Å². The monoisotopic (exact) mass is 468 g/mol. The Morgan fingerprint density at radius 3 is 2.20 bits per heavy atom. The number of carbonyl (C=O) groups excluding carboxylic acids is 1. The van der Waals surface area contributed by atoms with Crippen LogP contribution in [0.5, 0.6) is 0 Å². The molecule has 35 heavy (non-hydrogen) atoms. The fourth-order valence-electron chi connectivity index (χ4n) is 4.18. The van der Waals surface area contributed by atoms with Gasteiger partial charge in [-0.3, -0.25) is 4.79 Å². The molecule has 0 saturated heterocycles. The van der Waals surface area contributed by atoms with E-state index in [2.05, 4.69) is 39.3 Å². The number of hydrogen-bond donors (Lipinski definition) is 3. The largest absolute Gasteiger partial charge is 0.380 e. The maximum atomic E-state index is 12.7. The van der Waals surface area contributed by atoms with Crippen molar-refractivity contribution < 1.29 is 9.90 Å². The molecule has 0 spiro atoms. The van der Waals surface area contributed by atoms with Gasteiger partial charge in [-0.1, -0.05) is 48.0 Å². The van der Waals surface area contributed by atoms with Crippen molar-refractivity contribution in [1.29, 1.82) is 0 Å². The summed E-state index contributed by atoms with van der Waals surface area (Å²) < 4.78 is 0. The molecule has 0 aliphatic carbocycles. The second kappa shape index (κ2) is 9.90. The molecule has 3 aromatic carbocycles. The van der Waals surface area contributed by atoms with Crippen LogP contribution in [0.4, 0.5) is 29.2 Å². The summed E-state index contributed by atoms with van der Waals surface area (Å²) in [5.41, 5.74) is 12.0. The van der Waals surface area contributed by atoms with Crippen molar-refractivity contribution in [2.75, 3.05) is 23.0 Å². The fraction of sp³-hybridized carbons (Fsp3) is 0.185. The number of aliphatic hydroxyl groups is 1. The zero-order valence-electron chi connectivity index (χ0n) is 20.1. The lowest BCUT2D eigenvalue weighted by atomic mass is 10.00. The van der Waals surface area contributed by atoms with Gasteiger partial charge in [-0.25, -0.2) is 0 Å². The van der Waals surface area contributed by atoms with Crippen LogP contribution >= 0.6 is 0 Å². The molecule has 0 bridgehead atoms. The predicted molar refractivity (Wildman–Crippen MR) is 138 cm³/mol. The van der Waals surface area contributed by atoms with Crippen LogP contribution < -0.4 is 16.0 Å². The minimum atomic E-state index is -1.22. The molecule has 1 heterocycles. The molecule has 178 valence electrons. The zero-order valence-corrected chi connectivity index (χ0v) is 20.1. The Morgan fingerprint density at radius 1 is 0.943 bits per heavy atom. The summed E-state index contributed by atoms with van der Waals surface area (Å²) in [7, 11) is 1.89. The fourth-order valence-corrected chi connectivity index (χ4v) is 4.18. The second-order valence-electron chi connectivity index (χ2n) is 8.50. The lowest BCUT2D eigenvalue weighted by Crippen LogP contribution is -2.18. The summed E-state index contributed by atoms with van der Waals surface area (Å²) in [6, 6.07) is 19.8. The first kappa shape index (κ1) is 23.8. The van der Waals surface area contributed by atoms with Crippen LogP contribution in [-0.4, -0.2) is 32.9 Å². The molecule has 0 aliphatic rings. The number of aromatic nitrogens is 3. The molecular weight excluding hydrogens is 440 g/mol. The first-order valence-electron chi connectivity index (χ1n) is 11.2. The van der Waals surface area contributed by atoms with Gasteiger partial charge in [0.15, 0.2) is 5.78 Å². The molecule has 4 aromatic rings. The second-order valence-corrected chi connectivity index (χ2v) is 8.50. The third-order valence-electron chi connectivity index (χ3n) is 5.70. The van der Waals surface area contributed by atoms with Crippen molar-refractivity contribution in [3.05, 3.63) is 94.5 Å². The summed E-state index contributed by atoms with van der Waals surface area (Å²) in [6.07, 6.45) is -1.22. The van der Waals surface area contributed by atoms with Crippen LogP contribution in [-0.2, 0) is 0 Å². The molecule has 8 heteroatoms. The third kappa shape index (κ3) is 5.28. The van der Waals surface area contributed by atoms with Crippen LogP contribution in [0.25, 0.3) is 0 Å². The average Bonchev–Trinajstić information content (AvgIpc) is 2.83. The topological polar surface area (TPSA) is 117 Å². The predicted octanol–water partition coefficient (Wildman–Crippen LogP) is 4.81. The minimum Gasteiger partial charge on any atom is -0.380 e. The van der Waals surface area contributed by atoms with Gasteiger partial charge in [-0.05, 0) is 61.7 Å². The van der Waals surface area contributed by atoms with Crippen molar-refractivity contribution in [2.45, 2.75) is 26.9 Å². The molecule has 1 unspecified atom stereocenters. The van der Waals surface area contributed by atoms with Gasteiger partial charge < -0.3 is 21.1 Å². The highest BCUT2D eigenvalue weighted by atomic mass is 16.3. The molecule has 0 saturated carbocycles. The number of Topliss-reactive ketones (excluding diaryl/α,β-unsaturated/α-hetero) is 1. The van der Waals surface area contributed by atoms with E-state index in [0.717, 1.165) is 16.8 Å². The number of hydrogen-bond acceptors (Lipinski definition) is 8. The van der Waals surface area contributed by atoms with Crippen molar-refractivity contribution in [2.24, 2.45) is 0 Å². The number of aliphatic hydroxyl groups excluding tert-OH is 1.